The van der Waals surface area contributed by atoms with Gasteiger partial charge >= 0.3 is 24.1 Å². The van der Waals surface area contributed by atoms with E-state index in [1.54, 1.807) is 126 Å². The van der Waals surface area contributed by atoms with E-state index in [1.165, 1.54) is 14.2 Å². The molecule has 2 N–H and O–H groups in total. The van der Waals surface area contributed by atoms with Crippen LogP contribution in [0.3, 0.4) is 0 Å². The smallest absolute Gasteiger partial charge is 0.412 e. The summed E-state index contributed by atoms with van der Waals surface area (Å²) in [5, 5.41) is 5.58. The highest BCUT2D eigenvalue weighted by atomic mass is 16.6. The van der Waals surface area contributed by atoms with E-state index in [0.29, 0.717) is 46.5 Å². The van der Waals surface area contributed by atoms with Gasteiger partial charge in [-0.15, -0.1) is 0 Å². The summed E-state index contributed by atoms with van der Waals surface area (Å²) in [6, 6.07) is 32.3. The van der Waals surface area contributed by atoms with Crippen LogP contribution in [0.4, 0.5) is 21.0 Å². The SMILES string of the molecule is COC(=O)C1=CC[C@@H](c2ccccc2NC(=O)OC(C)(C)C)[C@@H]1C(=O)c1ccccc1.COC(=O)C1=CC[C@@H](c2ccccc2NC(=O)OC(C)(C)C)[C@@H]1C(=O)c1ccccc1. The summed E-state index contributed by atoms with van der Waals surface area (Å²) >= 11 is 0. The fourth-order valence-corrected chi connectivity index (χ4v) is 7.64. The van der Waals surface area contributed by atoms with Crippen molar-refractivity contribution in [3.8, 4) is 0 Å². The lowest BCUT2D eigenvalue weighted by Gasteiger charge is -2.25. The van der Waals surface area contributed by atoms with Crippen molar-refractivity contribution in [2.45, 2.75) is 77.4 Å². The molecule has 0 saturated carbocycles. The first kappa shape index (κ1) is 46.2. The van der Waals surface area contributed by atoms with Gasteiger partial charge in [-0.2, -0.15) is 0 Å². The third-order valence-corrected chi connectivity index (χ3v) is 10.2. The summed E-state index contributed by atoms with van der Waals surface area (Å²) < 4.78 is 20.6. The van der Waals surface area contributed by atoms with Crippen molar-refractivity contribution >= 4 is 47.1 Å². The third-order valence-electron chi connectivity index (χ3n) is 10.2. The maximum absolute atomic E-state index is 13.4. The highest BCUT2D eigenvalue weighted by Gasteiger charge is 2.42. The Morgan fingerprint density at radius 2 is 0.806 bits per heavy atom. The molecule has 12 nitrogen and oxygen atoms in total. The number of Topliss-reactive ketones (excluding diaryl/α,β-unsaturated/α-hetero) is 2. The van der Waals surface area contributed by atoms with Crippen LogP contribution in [0.1, 0.15) is 98.1 Å². The van der Waals surface area contributed by atoms with Gasteiger partial charge in [0.2, 0.25) is 0 Å². The van der Waals surface area contributed by atoms with Gasteiger partial charge in [-0.25, -0.2) is 19.2 Å². The molecule has 324 valence electrons. The zero-order valence-corrected chi connectivity index (χ0v) is 36.4. The molecule has 6 rings (SSSR count). The number of amides is 2. The molecule has 0 saturated heterocycles. The van der Waals surface area contributed by atoms with Crippen LogP contribution in [0.25, 0.3) is 0 Å². The number of hydrogen-bond acceptors (Lipinski definition) is 10. The number of nitrogens with one attached hydrogen (secondary N) is 2. The number of allylic oxidation sites excluding steroid dienone is 2. The lowest BCUT2D eigenvalue weighted by molar-refractivity contribution is -0.137. The molecule has 2 aliphatic rings. The van der Waals surface area contributed by atoms with Crippen molar-refractivity contribution in [1.29, 1.82) is 0 Å². The normalized spacial score (nSPS) is 18.1. The van der Waals surface area contributed by atoms with Crippen LogP contribution in [0.2, 0.25) is 0 Å². The van der Waals surface area contributed by atoms with Gasteiger partial charge in [-0.1, -0.05) is 109 Å². The highest BCUT2D eigenvalue weighted by molar-refractivity contribution is 6.08. The standard InChI is InChI=1S/2C25H27NO5/c2*1-25(2,3)31-24(29)26-20-13-9-8-12-17(20)18-14-15-19(23(28)30-4)21(18)22(27)16-10-6-5-7-11-16/h2*5-13,15,18,21H,14H2,1-4H3,(H,26,29)/t2*18-,21-/m00/s1. The van der Waals surface area contributed by atoms with Gasteiger partial charge in [0.05, 0.1) is 26.1 Å². The Balaban J connectivity index is 0.000000234. The third kappa shape index (κ3) is 11.7. The molecular weight excluding hydrogens is 789 g/mol. The molecule has 0 fully saturated rings. The number of anilines is 2. The second kappa shape index (κ2) is 20.2. The largest absolute Gasteiger partial charge is 0.466 e. The molecule has 0 aliphatic heterocycles. The Kier molecular flexibility index (Phi) is 15.0. The number of para-hydroxylation sites is 2. The summed E-state index contributed by atoms with van der Waals surface area (Å²) in [4.78, 5) is 76.4. The quantitative estimate of drug-likeness (QED) is 0.0892. The topological polar surface area (TPSA) is 163 Å². The average Bonchev–Trinajstić information content (AvgIpc) is 3.88. The second-order valence-corrected chi connectivity index (χ2v) is 16.8. The van der Waals surface area contributed by atoms with E-state index in [0.717, 1.165) is 11.1 Å². The molecule has 0 radical (unpaired) electrons. The Bertz CT molecular complexity index is 2170. The number of rotatable bonds is 10. The molecule has 0 heterocycles. The first-order valence-corrected chi connectivity index (χ1v) is 20.4. The van der Waals surface area contributed by atoms with Crippen molar-refractivity contribution in [2.75, 3.05) is 24.9 Å². The summed E-state index contributed by atoms with van der Waals surface area (Å²) in [5.41, 5.74) is 3.06. The summed E-state index contributed by atoms with van der Waals surface area (Å²) in [7, 11) is 2.61. The van der Waals surface area contributed by atoms with Crippen LogP contribution in [0.15, 0.2) is 132 Å². The maximum Gasteiger partial charge on any atom is 0.412 e. The van der Waals surface area contributed by atoms with Crippen LogP contribution in [0, 0.1) is 11.8 Å². The van der Waals surface area contributed by atoms with E-state index in [-0.39, 0.29) is 23.4 Å². The number of methoxy groups -OCH3 is 2. The molecule has 62 heavy (non-hydrogen) atoms. The zero-order chi connectivity index (χ0) is 45.2. The number of ether oxygens (including phenoxy) is 4. The molecule has 0 bridgehead atoms. The minimum atomic E-state index is -0.712. The van der Waals surface area contributed by atoms with E-state index in [4.69, 9.17) is 18.9 Å². The minimum absolute atomic E-state index is 0.160. The van der Waals surface area contributed by atoms with Gasteiger partial charge in [0.15, 0.2) is 11.6 Å². The fourth-order valence-electron chi connectivity index (χ4n) is 7.64. The van der Waals surface area contributed by atoms with Crippen molar-refractivity contribution in [1.82, 2.24) is 0 Å². The molecule has 4 aromatic carbocycles. The van der Waals surface area contributed by atoms with E-state index in [2.05, 4.69) is 10.6 Å². The Hall–Kier alpha value is -6.82. The fraction of sp³-hybridized carbons (Fsp3) is 0.320. The van der Waals surface area contributed by atoms with E-state index in [1.807, 2.05) is 36.4 Å². The van der Waals surface area contributed by atoms with Gasteiger partial charge in [0, 0.05) is 45.5 Å². The molecule has 4 atom stereocenters. The van der Waals surface area contributed by atoms with E-state index < -0.39 is 47.2 Å². The monoisotopic (exact) mass is 842 g/mol. The minimum Gasteiger partial charge on any atom is -0.466 e. The number of carbonyl (C=O) groups is 6. The van der Waals surface area contributed by atoms with Crippen LogP contribution >= 0.6 is 0 Å². The summed E-state index contributed by atoms with van der Waals surface area (Å²) in [6.45, 7) is 10.7. The van der Waals surface area contributed by atoms with Gasteiger partial charge in [-0.3, -0.25) is 20.2 Å². The Labute approximate surface area is 362 Å². The van der Waals surface area contributed by atoms with Crippen LogP contribution in [-0.4, -0.2) is 61.1 Å². The molecule has 4 aromatic rings. The molecule has 0 spiro atoms. The highest BCUT2D eigenvalue weighted by Crippen LogP contribution is 2.46. The Morgan fingerprint density at radius 1 is 0.484 bits per heavy atom. The van der Waals surface area contributed by atoms with Gasteiger partial charge in [0.25, 0.3) is 0 Å². The maximum atomic E-state index is 13.4. The Morgan fingerprint density at radius 3 is 1.13 bits per heavy atom. The number of benzene rings is 4. The van der Waals surface area contributed by atoms with Crippen molar-refractivity contribution < 1.29 is 47.7 Å². The first-order chi connectivity index (χ1) is 29.4. The number of hydrogen-bond donors (Lipinski definition) is 2. The molecule has 0 unspecified atom stereocenters. The number of carbonyl (C=O) groups excluding carboxylic acids is 6. The molecule has 12 heteroatoms. The molecule has 0 aromatic heterocycles. The lowest BCUT2D eigenvalue weighted by atomic mass is 9.80. The molecular formula is C50H54N2O10. The molecule has 2 aliphatic carbocycles. The van der Waals surface area contributed by atoms with Crippen molar-refractivity contribution in [2.24, 2.45) is 11.8 Å². The molecule has 2 amide bonds. The first-order valence-electron chi connectivity index (χ1n) is 20.4. The zero-order valence-electron chi connectivity index (χ0n) is 36.4. The number of ketones is 2. The van der Waals surface area contributed by atoms with Gasteiger partial charge in [0.1, 0.15) is 11.2 Å². The average molecular weight is 843 g/mol. The van der Waals surface area contributed by atoms with Gasteiger partial charge in [-0.05, 0) is 77.6 Å². The van der Waals surface area contributed by atoms with Crippen LogP contribution in [-0.2, 0) is 28.5 Å². The van der Waals surface area contributed by atoms with Crippen LogP contribution < -0.4 is 10.6 Å². The summed E-state index contributed by atoms with van der Waals surface area (Å²) in [6.07, 6.45) is 3.30. The van der Waals surface area contributed by atoms with Crippen molar-refractivity contribution in [3.63, 3.8) is 0 Å². The second-order valence-electron chi connectivity index (χ2n) is 16.8. The number of esters is 2. The van der Waals surface area contributed by atoms with Crippen molar-refractivity contribution in [3.05, 3.63) is 155 Å². The predicted molar refractivity (Wildman–Crippen MR) is 236 cm³/mol. The van der Waals surface area contributed by atoms with E-state index in [9.17, 15) is 28.8 Å². The lowest BCUT2D eigenvalue weighted by Crippen LogP contribution is -2.28. The van der Waals surface area contributed by atoms with Crippen LogP contribution in [0.5, 0.6) is 0 Å². The predicted octanol–water partition coefficient (Wildman–Crippen LogP) is 10.2. The van der Waals surface area contributed by atoms with E-state index >= 15 is 0 Å². The van der Waals surface area contributed by atoms with Gasteiger partial charge < -0.3 is 18.9 Å². The summed E-state index contributed by atoms with van der Waals surface area (Å²) in [5.74, 6) is -3.43.